The molecule has 2 heterocycles. The number of nitrogens with zero attached hydrogens (tertiary/aromatic N) is 3. The first-order valence-electron chi connectivity index (χ1n) is 9.83. The van der Waals surface area contributed by atoms with Crippen LogP contribution in [0.15, 0.2) is 0 Å². The highest BCUT2D eigenvalue weighted by molar-refractivity contribution is 5.93. The number of aromatic nitrogens is 1. The minimum atomic E-state index is -0.101. The van der Waals surface area contributed by atoms with Crippen LogP contribution < -0.4 is 5.32 Å². The molecule has 3 rings (SSSR count). The van der Waals surface area contributed by atoms with Crippen LogP contribution in [0.2, 0.25) is 0 Å². The van der Waals surface area contributed by atoms with Crippen molar-refractivity contribution in [2.24, 2.45) is 0 Å². The van der Waals surface area contributed by atoms with Gasteiger partial charge in [-0.2, -0.15) is 5.26 Å². The normalized spacial score (nSPS) is 21.7. The van der Waals surface area contributed by atoms with Crippen LogP contribution in [0.3, 0.4) is 0 Å². The van der Waals surface area contributed by atoms with E-state index in [1.54, 1.807) is 0 Å². The van der Waals surface area contributed by atoms with E-state index in [0.29, 0.717) is 17.4 Å². The molecule has 1 atom stereocenters. The summed E-state index contributed by atoms with van der Waals surface area (Å²) < 4.78 is 2.19. The lowest BCUT2D eigenvalue weighted by molar-refractivity contribution is -0.117. The second kappa shape index (κ2) is 8.24. The van der Waals surface area contributed by atoms with Gasteiger partial charge in [0.15, 0.2) is 0 Å². The van der Waals surface area contributed by atoms with E-state index >= 15 is 0 Å². The van der Waals surface area contributed by atoms with Crippen molar-refractivity contribution in [3.8, 4) is 6.07 Å². The second-order valence-corrected chi connectivity index (χ2v) is 7.70. The molecular formula is C20H30N4O2. The first-order chi connectivity index (χ1) is 12.6. The summed E-state index contributed by atoms with van der Waals surface area (Å²) in [4.78, 5) is 14.7. The summed E-state index contributed by atoms with van der Waals surface area (Å²) in [6, 6.07) is 2.73. The van der Waals surface area contributed by atoms with Gasteiger partial charge in [-0.25, -0.2) is 0 Å². The molecule has 0 radical (unpaired) electrons. The number of likely N-dealkylation sites (tertiary alicyclic amines) is 1. The van der Waals surface area contributed by atoms with E-state index in [2.05, 4.69) is 16.0 Å². The predicted octanol–water partition coefficient (Wildman–Crippen LogP) is 2.88. The van der Waals surface area contributed by atoms with Crippen molar-refractivity contribution >= 4 is 11.7 Å². The summed E-state index contributed by atoms with van der Waals surface area (Å²) in [5.41, 5.74) is 2.63. The number of carbonyl (C=O) groups excluding carboxylic acids is 1. The molecule has 6 nitrogen and oxygen atoms in total. The Morgan fingerprint density at radius 2 is 1.96 bits per heavy atom. The van der Waals surface area contributed by atoms with Crippen LogP contribution in [0, 0.1) is 25.2 Å². The number of nitriles is 1. The minimum absolute atomic E-state index is 0.0739. The number of rotatable bonds is 5. The molecule has 1 aliphatic carbocycles. The van der Waals surface area contributed by atoms with Crippen molar-refractivity contribution in [2.45, 2.75) is 70.9 Å². The minimum Gasteiger partial charge on any atom is -0.395 e. The average Bonchev–Trinajstić information content (AvgIpc) is 3.18. The zero-order valence-electron chi connectivity index (χ0n) is 15.9. The molecule has 1 saturated heterocycles. The van der Waals surface area contributed by atoms with E-state index in [0.717, 1.165) is 43.5 Å². The van der Waals surface area contributed by atoms with Crippen molar-refractivity contribution in [1.82, 2.24) is 9.47 Å². The summed E-state index contributed by atoms with van der Waals surface area (Å²) in [7, 11) is 0. The number of nitrogens with one attached hydrogen (secondary N) is 1. The third-order valence-corrected chi connectivity index (χ3v) is 6.12. The van der Waals surface area contributed by atoms with Gasteiger partial charge in [-0.15, -0.1) is 0 Å². The van der Waals surface area contributed by atoms with E-state index in [1.807, 2.05) is 18.7 Å². The molecule has 1 aromatic heterocycles. The Hall–Kier alpha value is -1.84. The van der Waals surface area contributed by atoms with Gasteiger partial charge in [-0.3, -0.25) is 9.69 Å². The highest BCUT2D eigenvalue weighted by atomic mass is 16.3. The van der Waals surface area contributed by atoms with Crippen LogP contribution >= 0.6 is 0 Å². The van der Waals surface area contributed by atoms with Gasteiger partial charge >= 0.3 is 0 Å². The highest BCUT2D eigenvalue weighted by Gasteiger charge is 2.28. The number of aliphatic hydroxyl groups excluding tert-OH is 1. The summed E-state index contributed by atoms with van der Waals surface area (Å²) >= 11 is 0. The number of amides is 1. The van der Waals surface area contributed by atoms with Crippen LogP contribution in [0.4, 0.5) is 5.82 Å². The Morgan fingerprint density at radius 1 is 1.23 bits per heavy atom. The van der Waals surface area contributed by atoms with Crippen molar-refractivity contribution in [3.63, 3.8) is 0 Å². The predicted molar refractivity (Wildman–Crippen MR) is 101 cm³/mol. The molecule has 1 saturated carbocycles. The molecule has 2 fully saturated rings. The van der Waals surface area contributed by atoms with E-state index in [4.69, 9.17) is 0 Å². The summed E-state index contributed by atoms with van der Waals surface area (Å²) in [6.45, 7) is 5.21. The second-order valence-electron chi connectivity index (χ2n) is 7.70. The van der Waals surface area contributed by atoms with Gasteiger partial charge in [0.2, 0.25) is 5.91 Å². The van der Waals surface area contributed by atoms with Crippen molar-refractivity contribution in [2.75, 3.05) is 25.0 Å². The maximum atomic E-state index is 12.7. The Bertz CT molecular complexity index is 698. The van der Waals surface area contributed by atoms with Gasteiger partial charge in [0, 0.05) is 17.8 Å². The standard InChI is InChI=1S/C20H30N4O2/c1-14-15(2)24(16-7-4-3-5-8-16)20(18(14)11-21)22-19(26)12-23-10-6-9-17(23)13-25/h16-17,25H,3-10,12-13H2,1-2H3,(H,22,26)/t17-/m0/s1. The number of hydrogen-bond donors (Lipinski definition) is 2. The van der Waals surface area contributed by atoms with Crippen LogP contribution in [0.5, 0.6) is 0 Å². The van der Waals surface area contributed by atoms with Crippen LogP contribution in [0.25, 0.3) is 0 Å². The molecule has 142 valence electrons. The lowest BCUT2D eigenvalue weighted by Crippen LogP contribution is -2.39. The zero-order chi connectivity index (χ0) is 18.7. The molecular weight excluding hydrogens is 328 g/mol. The molecule has 1 amide bonds. The molecule has 2 aliphatic rings. The molecule has 1 aromatic rings. The largest absolute Gasteiger partial charge is 0.395 e. The third-order valence-electron chi connectivity index (χ3n) is 6.12. The quantitative estimate of drug-likeness (QED) is 0.848. The molecule has 6 heteroatoms. The van der Waals surface area contributed by atoms with Gasteiger partial charge in [-0.1, -0.05) is 19.3 Å². The third kappa shape index (κ3) is 3.65. The number of anilines is 1. The lowest BCUT2D eigenvalue weighted by Gasteiger charge is -2.27. The van der Waals surface area contributed by atoms with Crippen molar-refractivity contribution < 1.29 is 9.90 Å². The van der Waals surface area contributed by atoms with E-state index in [9.17, 15) is 15.2 Å². The van der Waals surface area contributed by atoms with Crippen molar-refractivity contribution in [3.05, 3.63) is 16.8 Å². The van der Waals surface area contributed by atoms with Gasteiger partial charge in [0.1, 0.15) is 11.9 Å². The van der Waals surface area contributed by atoms with Gasteiger partial charge in [0.05, 0.1) is 18.7 Å². The first kappa shape index (κ1) is 18.9. The number of hydrogen-bond acceptors (Lipinski definition) is 4. The molecule has 1 aliphatic heterocycles. The first-order valence-corrected chi connectivity index (χ1v) is 9.83. The Balaban J connectivity index is 1.82. The molecule has 0 unspecified atom stereocenters. The SMILES string of the molecule is Cc1c(C#N)c(NC(=O)CN2CCC[C@H]2CO)n(C2CCCCC2)c1C. The van der Waals surface area contributed by atoms with E-state index < -0.39 is 0 Å². The van der Waals surface area contributed by atoms with Crippen LogP contribution in [-0.2, 0) is 4.79 Å². The Kier molecular flexibility index (Phi) is 6.00. The summed E-state index contributed by atoms with van der Waals surface area (Å²) in [5, 5.41) is 22.1. The van der Waals surface area contributed by atoms with E-state index in [1.165, 1.54) is 19.3 Å². The fraction of sp³-hybridized carbons (Fsp3) is 0.700. The maximum Gasteiger partial charge on any atom is 0.239 e. The smallest absolute Gasteiger partial charge is 0.239 e. The summed E-state index contributed by atoms with van der Waals surface area (Å²) in [6.07, 6.45) is 7.80. The fourth-order valence-electron chi connectivity index (χ4n) is 4.55. The maximum absolute atomic E-state index is 12.7. The molecule has 0 spiro atoms. The molecule has 0 bridgehead atoms. The molecule has 26 heavy (non-hydrogen) atoms. The van der Waals surface area contributed by atoms with E-state index in [-0.39, 0.29) is 25.1 Å². The molecule has 0 aromatic carbocycles. The van der Waals surface area contributed by atoms with Crippen molar-refractivity contribution in [1.29, 1.82) is 5.26 Å². The fourth-order valence-corrected chi connectivity index (χ4v) is 4.55. The number of aliphatic hydroxyl groups is 1. The van der Waals surface area contributed by atoms with Gasteiger partial charge in [-0.05, 0) is 51.6 Å². The highest BCUT2D eigenvalue weighted by Crippen LogP contribution is 2.36. The molecule has 2 N–H and O–H groups in total. The Labute approximate surface area is 155 Å². The summed E-state index contributed by atoms with van der Waals surface area (Å²) in [5.74, 6) is 0.565. The number of carbonyl (C=O) groups is 1. The van der Waals surface area contributed by atoms with Gasteiger partial charge in [0.25, 0.3) is 0 Å². The average molecular weight is 358 g/mol. The van der Waals surface area contributed by atoms with Gasteiger partial charge < -0.3 is 15.0 Å². The monoisotopic (exact) mass is 358 g/mol. The van der Waals surface area contributed by atoms with Crippen LogP contribution in [-0.4, -0.2) is 46.2 Å². The topological polar surface area (TPSA) is 81.3 Å². The zero-order valence-corrected chi connectivity index (χ0v) is 15.9. The van der Waals surface area contributed by atoms with Crippen LogP contribution in [0.1, 0.15) is 67.8 Å². The lowest BCUT2D eigenvalue weighted by atomic mass is 9.95. The Morgan fingerprint density at radius 3 is 2.62 bits per heavy atom.